The van der Waals surface area contributed by atoms with E-state index in [1.165, 1.54) is 16.6 Å². The molecule has 0 saturated carbocycles. The number of aromatic nitrogens is 1. The van der Waals surface area contributed by atoms with Gasteiger partial charge in [-0.15, -0.1) is 0 Å². The molecule has 0 radical (unpaired) electrons. The smallest absolute Gasteiger partial charge is 0.243 e. The predicted molar refractivity (Wildman–Crippen MR) is 107 cm³/mol. The number of aryl methyl sites for hydroxylation is 2. The van der Waals surface area contributed by atoms with Gasteiger partial charge in [-0.05, 0) is 54.6 Å². The minimum Gasteiger partial charge on any atom is -0.497 e. The average molecular weight is 385 g/mol. The Hall–Kier alpha value is -2.31. The minimum absolute atomic E-state index is 0.204. The van der Waals surface area contributed by atoms with Gasteiger partial charge in [0.1, 0.15) is 5.75 Å². The SMILES string of the molecule is COc1ccc(S(=O)(=O)N2CCC(c3cc4ccccc4n3C)C2)c(C)c1. The van der Waals surface area contributed by atoms with E-state index in [0.717, 1.165) is 6.42 Å². The standard InChI is InChI=1S/C21H24N2O3S/c1-15-12-18(26-3)8-9-21(15)27(24,25)23-11-10-17(14-23)20-13-16-6-4-5-7-19(16)22(20)2/h4-9,12-13,17H,10-11,14H2,1-3H3. The Bertz CT molecular complexity index is 1100. The van der Waals surface area contributed by atoms with Crippen molar-refractivity contribution in [3.8, 4) is 5.75 Å². The van der Waals surface area contributed by atoms with Gasteiger partial charge < -0.3 is 9.30 Å². The first-order chi connectivity index (χ1) is 12.9. The van der Waals surface area contributed by atoms with Crippen molar-refractivity contribution in [1.29, 1.82) is 0 Å². The van der Waals surface area contributed by atoms with E-state index in [9.17, 15) is 8.42 Å². The summed E-state index contributed by atoms with van der Waals surface area (Å²) in [5.74, 6) is 0.872. The van der Waals surface area contributed by atoms with Crippen LogP contribution in [0.5, 0.6) is 5.75 Å². The van der Waals surface area contributed by atoms with E-state index in [4.69, 9.17) is 4.74 Å². The van der Waals surface area contributed by atoms with Crippen molar-refractivity contribution < 1.29 is 13.2 Å². The van der Waals surface area contributed by atoms with E-state index in [1.54, 1.807) is 29.6 Å². The van der Waals surface area contributed by atoms with E-state index >= 15 is 0 Å². The molecule has 2 aromatic carbocycles. The van der Waals surface area contributed by atoms with Crippen LogP contribution in [0.1, 0.15) is 23.6 Å². The molecular weight excluding hydrogens is 360 g/mol. The number of methoxy groups -OCH3 is 1. The van der Waals surface area contributed by atoms with Crippen molar-refractivity contribution in [2.45, 2.75) is 24.2 Å². The second-order valence-electron chi connectivity index (χ2n) is 7.17. The number of hydrogen-bond donors (Lipinski definition) is 0. The molecule has 6 heteroatoms. The molecule has 4 rings (SSSR count). The van der Waals surface area contributed by atoms with Crippen LogP contribution < -0.4 is 4.74 Å². The number of hydrogen-bond acceptors (Lipinski definition) is 3. The number of rotatable bonds is 4. The van der Waals surface area contributed by atoms with E-state index in [1.807, 2.05) is 19.1 Å². The van der Waals surface area contributed by atoms with Crippen LogP contribution in [0.2, 0.25) is 0 Å². The summed E-state index contributed by atoms with van der Waals surface area (Å²) in [6.45, 7) is 2.87. The van der Waals surface area contributed by atoms with Crippen molar-refractivity contribution in [2.75, 3.05) is 20.2 Å². The van der Waals surface area contributed by atoms with Crippen molar-refractivity contribution in [1.82, 2.24) is 8.87 Å². The van der Waals surface area contributed by atoms with Crippen LogP contribution in [0.3, 0.4) is 0 Å². The summed E-state index contributed by atoms with van der Waals surface area (Å²) in [6, 6.07) is 15.6. The van der Waals surface area contributed by atoms with Crippen LogP contribution in [0, 0.1) is 6.92 Å². The summed E-state index contributed by atoms with van der Waals surface area (Å²) in [4.78, 5) is 0.362. The first-order valence-corrected chi connectivity index (χ1v) is 10.5. The molecule has 2 heterocycles. The van der Waals surface area contributed by atoms with E-state index < -0.39 is 10.0 Å². The molecule has 1 aromatic heterocycles. The zero-order valence-corrected chi connectivity index (χ0v) is 16.7. The fourth-order valence-corrected chi connectivity index (χ4v) is 5.77. The highest BCUT2D eigenvalue weighted by atomic mass is 32.2. The normalized spacial score (nSPS) is 18.3. The summed E-state index contributed by atoms with van der Waals surface area (Å²) in [6.07, 6.45) is 0.832. The Balaban J connectivity index is 1.62. The van der Waals surface area contributed by atoms with Gasteiger partial charge in [-0.25, -0.2) is 8.42 Å². The Morgan fingerprint density at radius 3 is 2.59 bits per heavy atom. The molecule has 0 aliphatic carbocycles. The van der Waals surface area contributed by atoms with Crippen LogP contribution in [0.15, 0.2) is 53.4 Å². The number of sulfonamides is 1. The zero-order chi connectivity index (χ0) is 19.2. The maximum Gasteiger partial charge on any atom is 0.243 e. The summed E-state index contributed by atoms with van der Waals surface area (Å²) in [5, 5.41) is 1.20. The minimum atomic E-state index is -3.51. The topological polar surface area (TPSA) is 51.5 Å². The van der Waals surface area contributed by atoms with Crippen LogP contribution in [0.4, 0.5) is 0 Å². The lowest BCUT2D eigenvalue weighted by Gasteiger charge is -2.19. The van der Waals surface area contributed by atoms with Gasteiger partial charge in [-0.2, -0.15) is 4.31 Å². The number of nitrogens with zero attached hydrogens (tertiary/aromatic N) is 2. The first-order valence-electron chi connectivity index (χ1n) is 9.11. The summed E-state index contributed by atoms with van der Waals surface area (Å²) in [7, 11) is 0.130. The summed E-state index contributed by atoms with van der Waals surface area (Å²) >= 11 is 0. The molecule has 1 saturated heterocycles. The summed E-state index contributed by atoms with van der Waals surface area (Å²) < 4.78 is 35.3. The largest absolute Gasteiger partial charge is 0.497 e. The van der Waals surface area contributed by atoms with Gasteiger partial charge in [0.15, 0.2) is 0 Å². The van der Waals surface area contributed by atoms with E-state index in [-0.39, 0.29) is 5.92 Å². The van der Waals surface area contributed by atoms with E-state index in [2.05, 4.69) is 29.8 Å². The quantitative estimate of drug-likeness (QED) is 0.690. The fraction of sp³-hybridized carbons (Fsp3) is 0.333. The maximum atomic E-state index is 13.2. The van der Waals surface area contributed by atoms with Gasteiger partial charge in [0, 0.05) is 37.3 Å². The number of fused-ring (bicyclic) bond motifs is 1. The van der Waals surface area contributed by atoms with Gasteiger partial charge >= 0.3 is 0 Å². The van der Waals surface area contributed by atoms with Crippen LogP contribution in [-0.2, 0) is 17.1 Å². The third-order valence-corrected chi connectivity index (χ3v) is 7.58. The molecule has 142 valence electrons. The predicted octanol–water partition coefficient (Wildman–Crippen LogP) is 3.67. The second kappa shape index (κ2) is 6.69. The Morgan fingerprint density at radius 1 is 1.11 bits per heavy atom. The number of benzene rings is 2. The molecule has 3 aromatic rings. The highest BCUT2D eigenvalue weighted by Gasteiger charge is 2.35. The molecule has 27 heavy (non-hydrogen) atoms. The third-order valence-electron chi connectivity index (χ3n) is 5.56. The Labute approximate surface area is 160 Å². The van der Waals surface area contributed by atoms with Gasteiger partial charge in [0.2, 0.25) is 10.0 Å². The average Bonchev–Trinajstić information content (AvgIpc) is 3.27. The molecule has 1 unspecified atom stereocenters. The van der Waals surface area contributed by atoms with Gasteiger partial charge in [-0.3, -0.25) is 0 Å². The van der Waals surface area contributed by atoms with Crippen molar-refractivity contribution in [3.05, 3.63) is 59.8 Å². The molecule has 0 bridgehead atoms. The van der Waals surface area contributed by atoms with Gasteiger partial charge in [0.05, 0.1) is 12.0 Å². The molecule has 0 N–H and O–H groups in total. The molecule has 0 amide bonds. The van der Waals surface area contributed by atoms with Gasteiger partial charge in [0.25, 0.3) is 0 Å². The maximum absolute atomic E-state index is 13.2. The van der Waals surface area contributed by atoms with E-state index in [0.29, 0.717) is 29.3 Å². The lowest BCUT2D eigenvalue weighted by Crippen LogP contribution is -2.29. The van der Waals surface area contributed by atoms with Gasteiger partial charge in [-0.1, -0.05) is 18.2 Å². The summed E-state index contributed by atoms with van der Waals surface area (Å²) in [5.41, 5.74) is 3.09. The first kappa shape index (κ1) is 18.1. The lowest BCUT2D eigenvalue weighted by atomic mass is 10.1. The van der Waals surface area contributed by atoms with Crippen LogP contribution in [-0.4, -0.2) is 37.5 Å². The highest BCUT2D eigenvalue weighted by Crippen LogP contribution is 2.34. The number of ether oxygens (including phenoxy) is 1. The lowest BCUT2D eigenvalue weighted by molar-refractivity contribution is 0.414. The molecule has 1 atom stereocenters. The van der Waals surface area contributed by atoms with Crippen molar-refractivity contribution in [3.63, 3.8) is 0 Å². The molecule has 1 aliphatic heterocycles. The van der Waals surface area contributed by atoms with Crippen molar-refractivity contribution >= 4 is 20.9 Å². The fourth-order valence-electron chi connectivity index (χ4n) is 4.07. The Kier molecular flexibility index (Phi) is 4.48. The van der Waals surface area contributed by atoms with Crippen molar-refractivity contribution in [2.24, 2.45) is 7.05 Å². The molecule has 1 aliphatic rings. The molecule has 1 fully saturated rings. The molecule has 5 nitrogen and oxygen atoms in total. The van der Waals surface area contributed by atoms with Crippen LogP contribution in [0.25, 0.3) is 10.9 Å². The monoisotopic (exact) mass is 384 g/mol. The number of para-hydroxylation sites is 1. The van der Waals surface area contributed by atoms with Crippen LogP contribution >= 0.6 is 0 Å². The Morgan fingerprint density at radius 2 is 1.89 bits per heavy atom. The second-order valence-corrected chi connectivity index (χ2v) is 9.07. The third kappa shape index (κ3) is 3.03. The molecule has 0 spiro atoms. The molecular formula is C21H24N2O3S. The zero-order valence-electron chi connectivity index (χ0n) is 15.8. The highest BCUT2D eigenvalue weighted by molar-refractivity contribution is 7.89.